The van der Waals surface area contributed by atoms with Gasteiger partial charge in [0.1, 0.15) is 0 Å². The summed E-state index contributed by atoms with van der Waals surface area (Å²) in [6.45, 7) is -0.282. The van der Waals surface area contributed by atoms with Gasteiger partial charge in [0.2, 0.25) is 0 Å². The Hall–Kier alpha value is -1.52. The molecular weight excluding hydrogens is 301 g/mol. The Balaban J connectivity index is 1.84. The predicted octanol–water partition coefficient (Wildman–Crippen LogP) is 2.83. The molecule has 0 bridgehead atoms. The minimum atomic E-state index is -0.619. The van der Waals surface area contributed by atoms with Crippen LogP contribution in [-0.2, 0) is 14.3 Å². The monoisotopic (exact) mass is 313 g/mol. The van der Waals surface area contributed by atoms with Gasteiger partial charge in [0.25, 0.3) is 5.91 Å². The second-order valence-electron chi connectivity index (χ2n) is 4.42. The molecule has 0 aromatic heterocycles. The maximum Gasteiger partial charge on any atom is 0.331 e. The molecule has 1 fully saturated rings. The summed E-state index contributed by atoms with van der Waals surface area (Å²) in [5.41, 5.74) is 0.537. The summed E-state index contributed by atoms with van der Waals surface area (Å²) in [5, 5.41) is 3.59. The van der Waals surface area contributed by atoms with E-state index in [9.17, 15) is 9.59 Å². The van der Waals surface area contributed by atoms with Crippen LogP contribution in [0.2, 0.25) is 10.0 Å². The first-order chi connectivity index (χ1) is 9.56. The van der Waals surface area contributed by atoms with Crippen molar-refractivity contribution in [1.29, 1.82) is 0 Å². The number of hydrogen-bond acceptors (Lipinski definition) is 3. The highest BCUT2D eigenvalue weighted by Crippen LogP contribution is 2.25. The van der Waals surface area contributed by atoms with Gasteiger partial charge in [-0.15, -0.1) is 0 Å². The van der Waals surface area contributed by atoms with Crippen molar-refractivity contribution in [3.8, 4) is 0 Å². The van der Waals surface area contributed by atoms with Crippen molar-refractivity contribution in [2.75, 3.05) is 6.61 Å². The summed E-state index contributed by atoms with van der Waals surface area (Å²) >= 11 is 11.9. The van der Waals surface area contributed by atoms with E-state index in [4.69, 9.17) is 27.9 Å². The molecule has 0 saturated heterocycles. The summed E-state index contributed by atoms with van der Waals surface area (Å²) < 4.78 is 4.81. The molecule has 106 valence electrons. The quantitative estimate of drug-likeness (QED) is 0.671. The lowest BCUT2D eigenvalue weighted by Gasteiger charge is -2.03. The van der Waals surface area contributed by atoms with Gasteiger partial charge in [-0.2, -0.15) is 0 Å². The number of rotatable bonds is 5. The third-order valence-electron chi connectivity index (χ3n) is 2.67. The average molecular weight is 314 g/mol. The lowest BCUT2D eigenvalue weighted by Crippen LogP contribution is -2.30. The number of halogens is 2. The van der Waals surface area contributed by atoms with E-state index in [2.05, 4.69) is 5.32 Å². The van der Waals surface area contributed by atoms with E-state index in [0.29, 0.717) is 15.6 Å². The highest BCUT2D eigenvalue weighted by Gasteiger charge is 2.23. The molecule has 0 spiro atoms. The van der Waals surface area contributed by atoms with Gasteiger partial charge in [-0.1, -0.05) is 29.3 Å². The molecule has 1 N–H and O–H groups in total. The van der Waals surface area contributed by atoms with E-state index >= 15 is 0 Å². The Morgan fingerprint density at radius 2 is 1.95 bits per heavy atom. The summed E-state index contributed by atoms with van der Waals surface area (Å²) in [5.74, 6) is -0.906. The van der Waals surface area contributed by atoms with Crippen molar-refractivity contribution >= 4 is 41.2 Å². The first-order valence-electron chi connectivity index (χ1n) is 6.14. The topological polar surface area (TPSA) is 55.4 Å². The Morgan fingerprint density at radius 3 is 2.55 bits per heavy atom. The third kappa shape index (κ3) is 4.54. The van der Waals surface area contributed by atoms with Crippen LogP contribution in [0.25, 0.3) is 6.08 Å². The minimum Gasteiger partial charge on any atom is -0.452 e. The van der Waals surface area contributed by atoms with Crippen molar-refractivity contribution in [2.45, 2.75) is 18.9 Å². The molecule has 0 heterocycles. The van der Waals surface area contributed by atoms with Gasteiger partial charge in [-0.3, -0.25) is 4.79 Å². The number of carbonyl (C=O) groups excluding carboxylic acids is 2. The van der Waals surface area contributed by atoms with Crippen molar-refractivity contribution in [1.82, 2.24) is 5.32 Å². The molecule has 2 rings (SSSR count). The number of ether oxygens (including phenoxy) is 1. The normalized spacial score (nSPS) is 14.3. The van der Waals surface area contributed by atoms with E-state index in [1.54, 1.807) is 18.2 Å². The second-order valence-corrected chi connectivity index (χ2v) is 5.23. The zero-order valence-electron chi connectivity index (χ0n) is 10.6. The van der Waals surface area contributed by atoms with Gasteiger partial charge < -0.3 is 10.1 Å². The number of carbonyl (C=O) groups is 2. The van der Waals surface area contributed by atoms with Crippen LogP contribution < -0.4 is 5.32 Å². The molecule has 1 aliphatic rings. The molecule has 4 nitrogen and oxygen atoms in total. The molecule has 20 heavy (non-hydrogen) atoms. The Labute approximate surface area is 126 Å². The highest BCUT2D eigenvalue weighted by atomic mass is 35.5. The van der Waals surface area contributed by atoms with Crippen LogP contribution >= 0.6 is 23.2 Å². The standard InChI is InChI=1S/C14H13Cl2NO3/c15-11-2-1-3-12(16)10(11)6-7-14(19)20-8-13(18)17-9-4-5-9/h1-3,6-7,9H,4-5,8H2,(H,17,18)/b7-6+. The molecule has 1 aromatic rings. The predicted molar refractivity (Wildman–Crippen MR) is 77.6 cm³/mol. The van der Waals surface area contributed by atoms with Gasteiger partial charge in [-0.25, -0.2) is 4.79 Å². The Bertz CT molecular complexity index is 533. The molecule has 1 amide bonds. The molecule has 0 unspecified atom stereocenters. The Kier molecular flexibility index (Phi) is 5.04. The summed E-state index contributed by atoms with van der Waals surface area (Å²) in [7, 11) is 0. The van der Waals surface area contributed by atoms with Crippen LogP contribution in [0.1, 0.15) is 18.4 Å². The molecular formula is C14H13Cl2NO3. The molecule has 6 heteroatoms. The minimum absolute atomic E-state index is 0.249. The second kappa shape index (κ2) is 6.77. The van der Waals surface area contributed by atoms with Gasteiger partial charge >= 0.3 is 5.97 Å². The van der Waals surface area contributed by atoms with E-state index in [1.165, 1.54) is 12.2 Å². The number of esters is 1. The highest BCUT2D eigenvalue weighted by molar-refractivity contribution is 6.37. The largest absolute Gasteiger partial charge is 0.452 e. The van der Waals surface area contributed by atoms with Crippen LogP contribution in [0.4, 0.5) is 0 Å². The van der Waals surface area contributed by atoms with E-state index < -0.39 is 5.97 Å². The fourth-order valence-corrected chi connectivity index (χ4v) is 2.03. The SMILES string of the molecule is O=C(COC(=O)/C=C/c1c(Cl)cccc1Cl)NC1CC1. The maximum absolute atomic E-state index is 11.5. The molecule has 0 radical (unpaired) electrons. The zero-order chi connectivity index (χ0) is 14.5. The Morgan fingerprint density at radius 1 is 1.30 bits per heavy atom. The number of amides is 1. The molecule has 0 atom stereocenters. The van der Waals surface area contributed by atoms with Crippen LogP contribution in [-0.4, -0.2) is 24.5 Å². The van der Waals surface area contributed by atoms with Gasteiger partial charge in [0.15, 0.2) is 6.61 Å². The summed E-state index contributed by atoms with van der Waals surface area (Å²) in [4.78, 5) is 22.8. The van der Waals surface area contributed by atoms with Gasteiger partial charge in [0.05, 0.1) is 0 Å². The molecule has 0 aliphatic heterocycles. The molecule has 1 aromatic carbocycles. The van der Waals surface area contributed by atoms with Crippen LogP contribution in [0, 0.1) is 0 Å². The smallest absolute Gasteiger partial charge is 0.331 e. The van der Waals surface area contributed by atoms with Crippen LogP contribution in [0.15, 0.2) is 24.3 Å². The number of nitrogens with one attached hydrogen (secondary N) is 1. The van der Waals surface area contributed by atoms with E-state index in [-0.39, 0.29) is 18.6 Å². The molecule has 1 aliphatic carbocycles. The average Bonchev–Trinajstić information content (AvgIpc) is 3.19. The van der Waals surface area contributed by atoms with Crippen LogP contribution in [0.5, 0.6) is 0 Å². The van der Waals surface area contributed by atoms with Crippen LogP contribution in [0.3, 0.4) is 0 Å². The van der Waals surface area contributed by atoms with E-state index in [0.717, 1.165) is 12.8 Å². The molecule has 1 saturated carbocycles. The fraction of sp³-hybridized carbons (Fsp3) is 0.286. The lowest BCUT2D eigenvalue weighted by molar-refractivity contribution is -0.143. The fourth-order valence-electron chi connectivity index (χ4n) is 1.50. The van der Waals surface area contributed by atoms with Crippen molar-refractivity contribution in [3.63, 3.8) is 0 Å². The summed E-state index contributed by atoms with van der Waals surface area (Å²) in [6, 6.07) is 5.30. The third-order valence-corrected chi connectivity index (χ3v) is 3.33. The van der Waals surface area contributed by atoms with Gasteiger partial charge in [0, 0.05) is 27.7 Å². The first kappa shape index (κ1) is 14.9. The summed E-state index contributed by atoms with van der Waals surface area (Å²) in [6.07, 6.45) is 4.64. The van der Waals surface area contributed by atoms with Gasteiger partial charge in [-0.05, 0) is 31.1 Å². The lowest BCUT2D eigenvalue weighted by atomic mass is 10.2. The zero-order valence-corrected chi connectivity index (χ0v) is 12.1. The maximum atomic E-state index is 11.5. The van der Waals surface area contributed by atoms with Crippen molar-refractivity contribution in [3.05, 3.63) is 39.9 Å². The first-order valence-corrected chi connectivity index (χ1v) is 6.90. The number of hydrogen-bond donors (Lipinski definition) is 1. The van der Waals surface area contributed by atoms with Crippen molar-refractivity contribution in [2.24, 2.45) is 0 Å². The number of benzene rings is 1. The van der Waals surface area contributed by atoms with E-state index in [1.807, 2.05) is 0 Å². The van der Waals surface area contributed by atoms with Crippen molar-refractivity contribution < 1.29 is 14.3 Å².